The fraction of sp³-hybridized carbons (Fsp3) is 0.417. The van der Waals surface area contributed by atoms with Gasteiger partial charge in [0.15, 0.2) is 0 Å². The van der Waals surface area contributed by atoms with Gasteiger partial charge in [-0.2, -0.15) is 13.2 Å². The second-order valence-corrected chi connectivity index (χ2v) is 4.68. The van der Waals surface area contributed by atoms with Crippen LogP contribution >= 0.6 is 11.3 Å². The van der Waals surface area contributed by atoms with Gasteiger partial charge >= 0.3 is 6.18 Å². The minimum absolute atomic E-state index is 0.119. The molecule has 0 aliphatic heterocycles. The van der Waals surface area contributed by atoms with E-state index in [1.807, 2.05) is 0 Å². The van der Waals surface area contributed by atoms with E-state index >= 15 is 0 Å². The Kier molecular flexibility index (Phi) is 6.01. The number of thiophene rings is 1. The van der Waals surface area contributed by atoms with Gasteiger partial charge in [0.2, 0.25) is 0 Å². The second-order valence-electron chi connectivity index (χ2n) is 3.77. The molecule has 0 unspecified atom stereocenters. The lowest BCUT2D eigenvalue weighted by Gasteiger charge is -2.22. The summed E-state index contributed by atoms with van der Waals surface area (Å²) < 4.78 is 37.1. The lowest BCUT2D eigenvalue weighted by molar-refractivity contribution is -0.141. The third-order valence-corrected chi connectivity index (χ3v) is 3.03. The van der Waals surface area contributed by atoms with Gasteiger partial charge in [-0.1, -0.05) is 11.8 Å². The lowest BCUT2D eigenvalue weighted by atomic mass is 10.2. The fourth-order valence-electron chi connectivity index (χ4n) is 1.42. The zero-order valence-electron chi connectivity index (χ0n) is 10.4. The van der Waals surface area contributed by atoms with Crippen molar-refractivity contribution in [2.24, 2.45) is 5.73 Å². The third-order valence-electron chi connectivity index (χ3n) is 2.19. The summed E-state index contributed by atoms with van der Waals surface area (Å²) in [4.78, 5) is 13.1. The largest absolute Gasteiger partial charge is 0.406 e. The van der Waals surface area contributed by atoms with Crippen LogP contribution in [-0.4, -0.2) is 48.3 Å². The predicted molar refractivity (Wildman–Crippen MR) is 69.3 cm³/mol. The van der Waals surface area contributed by atoms with Crippen LogP contribution in [0, 0.1) is 11.8 Å². The average molecular weight is 306 g/mol. The van der Waals surface area contributed by atoms with E-state index in [-0.39, 0.29) is 18.7 Å². The third kappa shape index (κ3) is 5.21. The SMILES string of the molecule is NCC#Cc1cc(C(=O)N(CCO)CC(F)(F)F)cs1. The number of hydrogen-bond acceptors (Lipinski definition) is 4. The summed E-state index contributed by atoms with van der Waals surface area (Å²) in [5.41, 5.74) is 5.32. The van der Waals surface area contributed by atoms with Gasteiger partial charge in [0.25, 0.3) is 5.91 Å². The maximum atomic E-state index is 12.4. The maximum Gasteiger partial charge on any atom is 0.406 e. The molecule has 20 heavy (non-hydrogen) atoms. The molecule has 4 nitrogen and oxygen atoms in total. The van der Waals surface area contributed by atoms with E-state index in [4.69, 9.17) is 10.8 Å². The Labute approximate surface area is 118 Å². The summed E-state index contributed by atoms with van der Waals surface area (Å²) in [5, 5.41) is 10.2. The minimum atomic E-state index is -4.51. The van der Waals surface area contributed by atoms with Gasteiger partial charge in [-0.25, -0.2) is 0 Å². The normalized spacial score (nSPS) is 10.8. The molecule has 0 radical (unpaired) electrons. The van der Waals surface area contributed by atoms with Gasteiger partial charge in [-0.3, -0.25) is 4.79 Å². The van der Waals surface area contributed by atoms with E-state index in [2.05, 4.69) is 11.8 Å². The number of aliphatic hydroxyl groups excluding tert-OH is 1. The van der Waals surface area contributed by atoms with Crippen LogP contribution in [0.3, 0.4) is 0 Å². The molecule has 0 aromatic carbocycles. The fourth-order valence-corrected chi connectivity index (χ4v) is 2.17. The van der Waals surface area contributed by atoms with E-state index in [0.717, 1.165) is 11.3 Å². The van der Waals surface area contributed by atoms with Crippen LogP contribution < -0.4 is 5.73 Å². The second kappa shape index (κ2) is 7.28. The summed E-state index contributed by atoms with van der Waals surface area (Å²) in [6.07, 6.45) is -4.51. The number of nitrogens with two attached hydrogens (primary N) is 1. The molecule has 1 aromatic rings. The summed E-state index contributed by atoms with van der Waals surface area (Å²) in [7, 11) is 0. The van der Waals surface area contributed by atoms with E-state index in [1.165, 1.54) is 11.4 Å². The molecule has 0 spiro atoms. The van der Waals surface area contributed by atoms with Crippen molar-refractivity contribution in [2.75, 3.05) is 26.2 Å². The van der Waals surface area contributed by atoms with Crippen LogP contribution in [-0.2, 0) is 0 Å². The molecule has 0 atom stereocenters. The zero-order chi connectivity index (χ0) is 15.2. The molecule has 0 aliphatic carbocycles. The van der Waals surface area contributed by atoms with Crippen molar-refractivity contribution in [1.29, 1.82) is 0 Å². The first-order valence-electron chi connectivity index (χ1n) is 5.61. The first-order chi connectivity index (χ1) is 9.37. The van der Waals surface area contributed by atoms with Gasteiger partial charge in [0, 0.05) is 11.9 Å². The molecule has 1 rings (SSSR count). The maximum absolute atomic E-state index is 12.4. The standard InChI is InChI=1S/C12H13F3N2O2S/c13-12(14,15)8-17(4-5-18)11(19)9-6-10(20-7-9)2-1-3-16/h6-7,18H,3-5,8,16H2. The van der Waals surface area contributed by atoms with E-state index < -0.39 is 25.2 Å². The molecule has 0 fully saturated rings. The number of aliphatic hydroxyl groups is 1. The van der Waals surface area contributed by atoms with Crippen molar-refractivity contribution in [3.63, 3.8) is 0 Å². The molecule has 1 heterocycles. The monoisotopic (exact) mass is 306 g/mol. The molecule has 0 saturated heterocycles. The number of carbonyl (C=O) groups excluding carboxylic acids is 1. The summed E-state index contributed by atoms with van der Waals surface area (Å²) >= 11 is 1.15. The Bertz CT molecular complexity index is 517. The molecule has 0 aliphatic rings. The first-order valence-corrected chi connectivity index (χ1v) is 6.49. The predicted octanol–water partition coefficient (Wildman–Crippen LogP) is 1.06. The highest BCUT2D eigenvalue weighted by atomic mass is 32.1. The van der Waals surface area contributed by atoms with Crippen molar-refractivity contribution in [1.82, 2.24) is 4.90 Å². The quantitative estimate of drug-likeness (QED) is 0.817. The van der Waals surface area contributed by atoms with Crippen molar-refractivity contribution in [3.05, 3.63) is 21.9 Å². The van der Waals surface area contributed by atoms with E-state index in [1.54, 1.807) is 0 Å². The number of halogens is 3. The van der Waals surface area contributed by atoms with E-state index in [0.29, 0.717) is 9.78 Å². The minimum Gasteiger partial charge on any atom is -0.395 e. The van der Waals surface area contributed by atoms with Crippen LogP contribution in [0.15, 0.2) is 11.4 Å². The molecule has 1 aromatic heterocycles. The molecule has 110 valence electrons. The zero-order valence-corrected chi connectivity index (χ0v) is 11.2. The lowest BCUT2D eigenvalue weighted by Crippen LogP contribution is -2.40. The molecule has 3 N–H and O–H groups in total. The summed E-state index contributed by atoms with van der Waals surface area (Å²) in [6.45, 7) is -2.15. The van der Waals surface area contributed by atoms with Crippen molar-refractivity contribution in [2.45, 2.75) is 6.18 Å². The molecular formula is C12H13F3N2O2S. The Morgan fingerprint density at radius 1 is 1.50 bits per heavy atom. The molecule has 0 saturated carbocycles. The van der Waals surface area contributed by atoms with Gasteiger partial charge in [-0.15, -0.1) is 11.3 Å². The number of nitrogens with zero attached hydrogens (tertiary/aromatic N) is 1. The van der Waals surface area contributed by atoms with Gasteiger partial charge in [0.05, 0.1) is 23.6 Å². The smallest absolute Gasteiger partial charge is 0.395 e. The highest BCUT2D eigenvalue weighted by Crippen LogP contribution is 2.20. The Hall–Kier alpha value is -1.56. The average Bonchev–Trinajstić information content (AvgIpc) is 2.82. The number of hydrogen-bond donors (Lipinski definition) is 2. The number of amides is 1. The molecular weight excluding hydrogens is 293 g/mol. The highest BCUT2D eigenvalue weighted by Gasteiger charge is 2.33. The van der Waals surface area contributed by atoms with Gasteiger partial charge < -0.3 is 15.7 Å². The van der Waals surface area contributed by atoms with Crippen LogP contribution in [0.4, 0.5) is 13.2 Å². The van der Waals surface area contributed by atoms with Crippen LogP contribution in [0.25, 0.3) is 0 Å². The van der Waals surface area contributed by atoms with Crippen molar-refractivity contribution < 1.29 is 23.1 Å². The molecule has 0 bridgehead atoms. The van der Waals surface area contributed by atoms with Gasteiger partial charge in [-0.05, 0) is 6.07 Å². The van der Waals surface area contributed by atoms with Crippen molar-refractivity contribution in [3.8, 4) is 11.8 Å². The topological polar surface area (TPSA) is 66.6 Å². The van der Waals surface area contributed by atoms with E-state index in [9.17, 15) is 18.0 Å². The summed E-state index contributed by atoms with van der Waals surface area (Å²) in [5.74, 6) is 4.51. The number of carbonyl (C=O) groups is 1. The summed E-state index contributed by atoms with van der Waals surface area (Å²) in [6, 6.07) is 1.41. The number of alkyl halides is 3. The highest BCUT2D eigenvalue weighted by molar-refractivity contribution is 7.10. The Morgan fingerprint density at radius 2 is 2.20 bits per heavy atom. The van der Waals surface area contributed by atoms with Gasteiger partial charge in [0.1, 0.15) is 6.54 Å². The first kappa shape index (κ1) is 16.5. The van der Waals surface area contributed by atoms with Crippen LogP contribution in [0.2, 0.25) is 0 Å². The Balaban J connectivity index is 2.86. The molecule has 8 heteroatoms. The number of rotatable bonds is 4. The Morgan fingerprint density at radius 3 is 2.75 bits per heavy atom. The molecule has 1 amide bonds. The van der Waals surface area contributed by atoms with Crippen molar-refractivity contribution >= 4 is 17.2 Å². The van der Waals surface area contributed by atoms with Crippen LogP contribution in [0.5, 0.6) is 0 Å². The van der Waals surface area contributed by atoms with Crippen LogP contribution in [0.1, 0.15) is 15.2 Å².